The molecule has 0 heterocycles. The highest BCUT2D eigenvalue weighted by Crippen LogP contribution is 2.08. The van der Waals surface area contributed by atoms with Gasteiger partial charge in [0.15, 0.2) is 0 Å². The van der Waals surface area contributed by atoms with Crippen molar-refractivity contribution in [1.29, 1.82) is 0 Å². The van der Waals surface area contributed by atoms with Gasteiger partial charge in [0.1, 0.15) is 8.07 Å². The fourth-order valence-corrected chi connectivity index (χ4v) is 3.39. The van der Waals surface area contributed by atoms with Crippen molar-refractivity contribution in [1.82, 2.24) is 0 Å². The van der Waals surface area contributed by atoms with Crippen molar-refractivity contribution >= 4 is 16.9 Å². The van der Waals surface area contributed by atoms with Crippen LogP contribution in [0.4, 0.5) is 0 Å². The van der Waals surface area contributed by atoms with Gasteiger partial charge in [-0.05, 0) is 38.2 Å². The molecule has 3 nitrogen and oxygen atoms in total. The lowest BCUT2D eigenvalue weighted by molar-refractivity contribution is 0.0871. The molecule has 0 aliphatic carbocycles. The van der Waals surface area contributed by atoms with E-state index in [0.717, 1.165) is 0 Å². The highest BCUT2D eigenvalue weighted by Gasteiger charge is 2.39. The Morgan fingerprint density at radius 2 is 1.11 bits per heavy atom. The molecule has 0 aromatic carbocycles. The molecule has 0 rings (SSSR count). The molecule has 5 heteroatoms. The molecule has 0 saturated carbocycles. The van der Waals surface area contributed by atoms with Crippen molar-refractivity contribution in [2.75, 3.05) is 19.8 Å². The van der Waals surface area contributed by atoms with Gasteiger partial charge in [-0.25, -0.2) is 0 Å². The molecule has 0 aliphatic rings. The average Bonchev–Trinajstić information content (AvgIpc) is 2.24. The molecular weight excluding hydrogens is 260 g/mol. The summed E-state index contributed by atoms with van der Waals surface area (Å²) in [6, 6.07) is 0. The van der Waals surface area contributed by atoms with Crippen LogP contribution in [-0.2, 0) is 13.3 Å². The van der Waals surface area contributed by atoms with E-state index in [1.807, 2.05) is 20.8 Å². The fourth-order valence-electron chi connectivity index (χ4n) is 1.13. The van der Waals surface area contributed by atoms with E-state index in [1.165, 1.54) is 0 Å². The molecular formula is C13H24O3Si2. The zero-order valence-corrected chi connectivity index (χ0v) is 14.3. The van der Waals surface area contributed by atoms with Crippen LogP contribution < -0.4 is 0 Å². The molecule has 0 atom stereocenters. The third kappa shape index (κ3) is 7.70. The van der Waals surface area contributed by atoms with Crippen LogP contribution in [0, 0.1) is 22.9 Å². The molecule has 0 saturated heterocycles. The largest absolute Gasteiger partial charge is 0.592 e. The van der Waals surface area contributed by atoms with Crippen molar-refractivity contribution in [3.8, 4) is 22.9 Å². The maximum absolute atomic E-state index is 5.61. The molecule has 0 N–H and O–H groups in total. The summed E-state index contributed by atoms with van der Waals surface area (Å²) in [5.74, 6) is 5.75. The monoisotopic (exact) mass is 284 g/mol. The molecule has 18 heavy (non-hydrogen) atoms. The minimum absolute atomic E-state index is 0.530. The Labute approximate surface area is 114 Å². The lowest BCUT2D eigenvalue weighted by Gasteiger charge is -2.22. The zero-order chi connectivity index (χ0) is 14.1. The maximum atomic E-state index is 5.61. The zero-order valence-electron chi connectivity index (χ0n) is 12.3. The second kappa shape index (κ2) is 8.52. The van der Waals surface area contributed by atoms with E-state index in [-0.39, 0.29) is 0 Å². The van der Waals surface area contributed by atoms with Crippen LogP contribution in [0.1, 0.15) is 20.8 Å². The Balaban J connectivity index is 4.95. The van der Waals surface area contributed by atoms with E-state index in [2.05, 4.69) is 42.6 Å². The predicted molar refractivity (Wildman–Crippen MR) is 79.5 cm³/mol. The molecule has 0 fully saturated rings. The summed E-state index contributed by atoms with van der Waals surface area (Å²) in [5, 5.41) is 0. The van der Waals surface area contributed by atoms with Gasteiger partial charge in [0.25, 0.3) is 0 Å². The second-order valence-electron chi connectivity index (χ2n) is 4.61. The molecule has 0 aromatic heterocycles. The summed E-state index contributed by atoms with van der Waals surface area (Å²) in [6.07, 6.45) is 0. The molecule has 0 amide bonds. The van der Waals surface area contributed by atoms with E-state index in [9.17, 15) is 0 Å². The van der Waals surface area contributed by atoms with Gasteiger partial charge >= 0.3 is 8.80 Å². The van der Waals surface area contributed by atoms with E-state index >= 15 is 0 Å². The summed E-state index contributed by atoms with van der Waals surface area (Å²) in [6.45, 7) is 13.9. The molecule has 102 valence electrons. The van der Waals surface area contributed by atoms with Crippen molar-refractivity contribution in [3.63, 3.8) is 0 Å². The van der Waals surface area contributed by atoms with Crippen molar-refractivity contribution in [3.05, 3.63) is 0 Å². The summed E-state index contributed by atoms with van der Waals surface area (Å²) < 4.78 is 16.8. The third-order valence-electron chi connectivity index (χ3n) is 1.72. The maximum Gasteiger partial charge on any atom is 0.592 e. The van der Waals surface area contributed by atoms with Gasteiger partial charge in [-0.1, -0.05) is 19.6 Å². The quantitative estimate of drug-likeness (QED) is 0.554. The van der Waals surface area contributed by atoms with Gasteiger partial charge in [0, 0.05) is 19.8 Å². The van der Waals surface area contributed by atoms with Gasteiger partial charge in [0.05, 0.1) is 0 Å². The lowest BCUT2D eigenvalue weighted by atomic mass is 10.7. The van der Waals surface area contributed by atoms with Gasteiger partial charge < -0.3 is 13.3 Å². The van der Waals surface area contributed by atoms with E-state index in [1.54, 1.807) is 0 Å². The molecule has 0 unspecified atom stereocenters. The van der Waals surface area contributed by atoms with Crippen LogP contribution in [0.3, 0.4) is 0 Å². The first-order valence-corrected chi connectivity index (χ1v) is 11.6. The summed E-state index contributed by atoms with van der Waals surface area (Å²) >= 11 is 0. The van der Waals surface area contributed by atoms with Crippen molar-refractivity contribution < 1.29 is 13.3 Å². The standard InChI is InChI=1S/C13H24O3Si2/c1-7-14-18(15-8-2,16-9-3)13-11-10-12-17(4,5)6/h7-9H2,1-6H3. The Kier molecular flexibility index (Phi) is 8.25. The number of hydrogen-bond acceptors (Lipinski definition) is 3. The Morgan fingerprint density at radius 3 is 1.44 bits per heavy atom. The van der Waals surface area contributed by atoms with E-state index in [0.29, 0.717) is 19.8 Å². The SMILES string of the molecule is CCO[Si](C#CC#C[Si](C)(C)C)(OCC)OCC. The topological polar surface area (TPSA) is 27.7 Å². The Bertz CT molecular complexity index is 335. The van der Waals surface area contributed by atoms with Crippen LogP contribution in [-0.4, -0.2) is 36.7 Å². The average molecular weight is 285 g/mol. The summed E-state index contributed by atoms with van der Waals surface area (Å²) in [7, 11) is -4.22. The van der Waals surface area contributed by atoms with Crippen molar-refractivity contribution in [2.45, 2.75) is 40.4 Å². The predicted octanol–water partition coefficient (Wildman–Crippen LogP) is 2.46. The molecule has 0 aromatic rings. The smallest absolute Gasteiger partial charge is 0.364 e. The lowest BCUT2D eigenvalue weighted by Crippen LogP contribution is -2.45. The first-order chi connectivity index (χ1) is 8.39. The second-order valence-corrected chi connectivity index (χ2v) is 11.6. The van der Waals surface area contributed by atoms with E-state index < -0.39 is 16.9 Å². The fraction of sp³-hybridized carbons (Fsp3) is 0.692. The van der Waals surface area contributed by atoms with Gasteiger partial charge in [-0.2, -0.15) is 0 Å². The highest BCUT2D eigenvalue weighted by molar-refractivity contribution is 6.83. The molecule has 0 radical (unpaired) electrons. The van der Waals surface area contributed by atoms with Crippen LogP contribution in [0.25, 0.3) is 0 Å². The summed E-state index contributed by atoms with van der Waals surface area (Å²) in [4.78, 5) is 0. The minimum Gasteiger partial charge on any atom is -0.364 e. The molecule has 0 bridgehead atoms. The van der Waals surface area contributed by atoms with Gasteiger partial charge in [-0.3, -0.25) is 0 Å². The van der Waals surface area contributed by atoms with Crippen LogP contribution >= 0.6 is 0 Å². The van der Waals surface area contributed by atoms with Crippen LogP contribution in [0.2, 0.25) is 19.6 Å². The van der Waals surface area contributed by atoms with Gasteiger partial charge in [-0.15, -0.1) is 5.54 Å². The van der Waals surface area contributed by atoms with Gasteiger partial charge in [0.2, 0.25) is 0 Å². The molecule has 0 aliphatic heterocycles. The third-order valence-corrected chi connectivity index (χ3v) is 5.03. The first-order valence-electron chi connectivity index (χ1n) is 6.35. The van der Waals surface area contributed by atoms with E-state index in [4.69, 9.17) is 13.3 Å². The Morgan fingerprint density at radius 1 is 0.722 bits per heavy atom. The normalized spacial score (nSPS) is 11.2. The number of rotatable bonds is 6. The van der Waals surface area contributed by atoms with Crippen LogP contribution in [0.15, 0.2) is 0 Å². The summed E-state index contributed by atoms with van der Waals surface area (Å²) in [5.41, 5.74) is 6.17. The van der Waals surface area contributed by atoms with Crippen LogP contribution in [0.5, 0.6) is 0 Å². The van der Waals surface area contributed by atoms with Crippen molar-refractivity contribution in [2.24, 2.45) is 0 Å². The first kappa shape index (κ1) is 17.4. The minimum atomic E-state index is -2.84. The molecule has 0 spiro atoms. The Hall–Kier alpha value is -0.566. The highest BCUT2D eigenvalue weighted by atomic mass is 28.4. The number of hydrogen-bond donors (Lipinski definition) is 0.